The predicted molar refractivity (Wildman–Crippen MR) is 200 cm³/mol. The minimum atomic E-state index is -1.47. The number of carbonyl (C=O) groups excluding carboxylic acids is 6. The summed E-state index contributed by atoms with van der Waals surface area (Å²) in [7, 11) is 0. The summed E-state index contributed by atoms with van der Waals surface area (Å²) in [6.07, 6.45) is 2.57. The van der Waals surface area contributed by atoms with Gasteiger partial charge in [-0.15, -0.1) is 0 Å². The quantitative estimate of drug-likeness (QED) is 0.0345. The lowest BCUT2D eigenvalue weighted by molar-refractivity contribution is -0.156. The number of hydrogen-bond donors (Lipinski definition) is 7. The number of para-hydroxylation sites is 1. The largest absolute Gasteiger partial charge is 0.460 e. The number of benzene rings is 1. The number of fused-ring (bicyclic) bond motifs is 1. The minimum absolute atomic E-state index is 0.0374. The predicted octanol–water partition coefficient (Wildman–Crippen LogP) is 2.38. The molecule has 5 atom stereocenters. The Labute approximate surface area is 310 Å². The van der Waals surface area contributed by atoms with Crippen LogP contribution >= 0.6 is 0 Å². The summed E-state index contributed by atoms with van der Waals surface area (Å²) in [6.45, 7) is 12.3. The van der Waals surface area contributed by atoms with Crippen LogP contribution in [0.5, 0.6) is 0 Å². The molecule has 5 amide bonds. The summed E-state index contributed by atoms with van der Waals surface area (Å²) in [5.74, 6) is -5.10. The van der Waals surface area contributed by atoms with Crippen LogP contribution in [-0.4, -0.2) is 82.8 Å². The van der Waals surface area contributed by atoms with Gasteiger partial charge in [0.1, 0.15) is 23.7 Å². The number of nitrogens with one attached hydrogen (secondary N) is 5. The average Bonchev–Trinajstić information content (AvgIpc) is 3.47. The van der Waals surface area contributed by atoms with Crippen molar-refractivity contribution in [1.29, 1.82) is 0 Å². The molecule has 0 aliphatic heterocycles. The number of ether oxygens (including phenoxy) is 1. The summed E-state index contributed by atoms with van der Waals surface area (Å²) in [5, 5.41) is 14.5. The third kappa shape index (κ3) is 14.9. The molecule has 1 aromatic carbocycles. The van der Waals surface area contributed by atoms with Crippen LogP contribution in [0.4, 0.5) is 0 Å². The topological polar surface area (TPSA) is 276 Å². The van der Waals surface area contributed by atoms with Crippen molar-refractivity contribution in [3.05, 3.63) is 46.5 Å². The molecule has 1 heterocycles. The lowest BCUT2D eigenvalue weighted by Gasteiger charge is -2.28. The maximum atomic E-state index is 13.8. The molecule has 0 unspecified atom stereocenters. The number of esters is 1. The number of carbonyl (C=O) groups is 6. The van der Waals surface area contributed by atoms with E-state index in [9.17, 15) is 28.8 Å². The molecule has 17 heteroatoms. The number of aromatic amines is 1. The van der Waals surface area contributed by atoms with Crippen LogP contribution in [0.3, 0.4) is 0 Å². The lowest BCUT2D eigenvalue weighted by Crippen LogP contribution is -2.59. The van der Waals surface area contributed by atoms with Gasteiger partial charge < -0.3 is 42.5 Å². The van der Waals surface area contributed by atoms with Crippen molar-refractivity contribution in [1.82, 2.24) is 26.3 Å². The van der Waals surface area contributed by atoms with Crippen molar-refractivity contribution >= 4 is 46.4 Å². The Morgan fingerprint density at radius 3 is 2.11 bits per heavy atom. The maximum absolute atomic E-state index is 13.8. The first-order chi connectivity index (χ1) is 24.9. The molecule has 0 saturated heterocycles. The van der Waals surface area contributed by atoms with Crippen molar-refractivity contribution in [2.24, 2.45) is 28.4 Å². The van der Waals surface area contributed by atoms with Crippen molar-refractivity contribution in [2.45, 2.75) is 123 Å². The first-order valence-corrected chi connectivity index (χ1v) is 17.9. The van der Waals surface area contributed by atoms with Gasteiger partial charge in [0.05, 0.1) is 18.5 Å². The van der Waals surface area contributed by atoms with Gasteiger partial charge in [0.15, 0.2) is 0 Å². The fourth-order valence-electron chi connectivity index (χ4n) is 5.56. The molecule has 2 aromatic rings. The first-order valence-electron chi connectivity index (χ1n) is 17.9. The Morgan fingerprint density at radius 1 is 0.887 bits per heavy atom. The van der Waals surface area contributed by atoms with E-state index in [1.807, 2.05) is 38.1 Å². The van der Waals surface area contributed by atoms with Crippen LogP contribution in [0.25, 0.3) is 21.3 Å². The fourth-order valence-corrected chi connectivity index (χ4v) is 5.56. The Kier molecular flexibility index (Phi) is 17.4. The summed E-state index contributed by atoms with van der Waals surface area (Å²) in [6, 6.07) is 1.47. The molecule has 0 radical (unpaired) electrons. The molecular weight excluding hydrogens is 684 g/mol. The van der Waals surface area contributed by atoms with E-state index in [4.69, 9.17) is 21.7 Å². The number of nitrogens with zero attached hydrogens (tertiary/aromatic N) is 3. The summed E-state index contributed by atoms with van der Waals surface area (Å²) in [5.41, 5.74) is 21.5. The first kappa shape index (κ1) is 44.2. The van der Waals surface area contributed by atoms with Crippen LogP contribution in [-0.2, 0) is 39.9 Å². The molecule has 9 N–H and O–H groups in total. The summed E-state index contributed by atoms with van der Waals surface area (Å²) in [4.78, 5) is 85.4. The number of hydrogen-bond acceptors (Lipinski definition) is 9. The van der Waals surface area contributed by atoms with Crippen LogP contribution in [0.1, 0.15) is 86.1 Å². The number of aromatic nitrogens is 1. The van der Waals surface area contributed by atoms with Gasteiger partial charge in [0.25, 0.3) is 0 Å². The zero-order valence-electron chi connectivity index (χ0n) is 31.7. The van der Waals surface area contributed by atoms with Crippen molar-refractivity contribution in [3.8, 4) is 0 Å². The van der Waals surface area contributed by atoms with Gasteiger partial charge in [0, 0.05) is 22.0 Å². The van der Waals surface area contributed by atoms with Crippen LogP contribution < -0.4 is 32.7 Å². The van der Waals surface area contributed by atoms with Gasteiger partial charge in [-0.05, 0) is 93.5 Å². The van der Waals surface area contributed by atoms with Gasteiger partial charge in [-0.1, -0.05) is 45.9 Å². The van der Waals surface area contributed by atoms with E-state index in [2.05, 4.69) is 36.3 Å². The van der Waals surface area contributed by atoms with E-state index < -0.39 is 83.7 Å². The smallest absolute Gasteiger partial charge is 0.308 e. The molecule has 1 aromatic heterocycles. The van der Waals surface area contributed by atoms with E-state index in [1.54, 1.807) is 40.8 Å². The Bertz CT molecular complexity index is 1630. The van der Waals surface area contributed by atoms with Gasteiger partial charge in [-0.2, -0.15) is 0 Å². The molecule has 0 aliphatic rings. The summed E-state index contributed by atoms with van der Waals surface area (Å²) >= 11 is 0. The highest BCUT2D eigenvalue weighted by Crippen LogP contribution is 2.19. The average molecular weight is 741 g/mol. The molecule has 0 bridgehead atoms. The molecule has 0 fully saturated rings. The van der Waals surface area contributed by atoms with Gasteiger partial charge >= 0.3 is 5.97 Å². The number of unbranched alkanes of at least 4 members (excludes halogenated alkanes) is 1. The molecule has 2 rings (SSSR count). The third-order valence-electron chi connectivity index (χ3n) is 8.17. The van der Waals surface area contributed by atoms with Crippen LogP contribution in [0.15, 0.2) is 35.6 Å². The highest BCUT2D eigenvalue weighted by Gasteiger charge is 2.34. The van der Waals surface area contributed by atoms with E-state index >= 15 is 0 Å². The molecule has 0 saturated carbocycles. The van der Waals surface area contributed by atoms with E-state index in [0.29, 0.717) is 19.4 Å². The zero-order chi connectivity index (χ0) is 39.9. The molecule has 0 aliphatic carbocycles. The third-order valence-corrected chi connectivity index (χ3v) is 8.17. The van der Waals surface area contributed by atoms with E-state index in [1.165, 1.54) is 0 Å². The Hall–Kier alpha value is -4.99. The van der Waals surface area contributed by atoms with Crippen molar-refractivity contribution in [2.75, 3.05) is 6.54 Å². The molecule has 0 spiro atoms. The van der Waals surface area contributed by atoms with E-state index in [-0.39, 0.29) is 25.2 Å². The highest BCUT2D eigenvalue weighted by atomic mass is 16.6. The number of amides is 5. The number of azide groups is 1. The van der Waals surface area contributed by atoms with Gasteiger partial charge in [0.2, 0.25) is 29.5 Å². The Morgan fingerprint density at radius 2 is 1.51 bits per heavy atom. The van der Waals surface area contributed by atoms with Gasteiger partial charge in [-0.3, -0.25) is 28.8 Å². The second kappa shape index (κ2) is 20.9. The molecule has 53 heavy (non-hydrogen) atoms. The number of rotatable bonds is 20. The highest BCUT2D eigenvalue weighted by molar-refractivity contribution is 5.97. The van der Waals surface area contributed by atoms with Crippen molar-refractivity contribution < 1.29 is 33.5 Å². The monoisotopic (exact) mass is 740 g/mol. The number of H-pyrrole nitrogens is 1. The SMILES string of the molecule is CC(C)C[C@H](NC(=O)[C@H](NC(=O)[C@H](CCCCN)NC(=O)[C@@H](CC(=O)OC(C)(C)C)NC(=O)[C@H](N)Cc1c[nH]c2ccccc12)C(C)C)C(=O)N=[N+]=[N-]. The second-order valence-electron chi connectivity index (χ2n) is 14.8. The van der Waals surface area contributed by atoms with Gasteiger partial charge in [-0.25, -0.2) is 0 Å². The minimum Gasteiger partial charge on any atom is -0.460 e. The zero-order valence-corrected chi connectivity index (χ0v) is 31.7. The number of nitrogens with two attached hydrogens (primary N) is 2. The van der Waals surface area contributed by atoms with Crippen LogP contribution in [0.2, 0.25) is 0 Å². The standard InChI is InChI=1S/C36H56N10O7/c1-20(2)16-27(34(51)45-46-39)43-35(52)30(21(3)4)44-32(49)26(14-10-11-15-37)41-33(50)28(18-29(47)53-36(5,6)7)42-31(48)24(38)17-22-19-40-25-13-9-8-12-23(22)25/h8-9,12-13,19-21,24,26-28,30,40H,10-11,14-18,37-38H2,1-7H3,(H,41,50)(H,42,48)(H,43,52)(H,44,49)/t24-,26+,27+,28-,30-/m1/s1. The lowest BCUT2D eigenvalue weighted by atomic mass is 9.99. The summed E-state index contributed by atoms with van der Waals surface area (Å²) < 4.78 is 5.43. The van der Waals surface area contributed by atoms with E-state index in [0.717, 1.165) is 16.5 Å². The maximum Gasteiger partial charge on any atom is 0.308 e. The fraction of sp³-hybridized carbons (Fsp3) is 0.611. The normalized spacial score (nSPS) is 14.3. The molecule has 292 valence electrons. The Balaban J connectivity index is 2.32. The molecular formula is C36H56N10O7. The molecule has 17 nitrogen and oxygen atoms in total. The second-order valence-corrected chi connectivity index (χ2v) is 14.8. The van der Waals surface area contributed by atoms with Crippen molar-refractivity contribution in [3.63, 3.8) is 0 Å². The van der Waals surface area contributed by atoms with Crippen LogP contribution in [0, 0.1) is 11.8 Å².